The van der Waals surface area contributed by atoms with E-state index in [-0.39, 0.29) is 23.7 Å². The molecule has 1 aromatic heterocycles. The highest BCUT2D eigenvalue weighted by Gasteiger charge is 2.25. The maximum atomic E-state index is 13.8. The zero-order valence-corrected chi connectivity index (χ0v) is 14.6. The van der Waals surface area contributed by atoms with Crippen LogP contribution in [-0.4, -0.2) is 21.5 Å². The van der Waals surface area contributed by atoms with Crippen LogP contribution in [0, 0.1) is 11.7 Å². The second-order valence-electron chi connectivity index (χ2n) is 6.83. The van der Waals surface area contributed by atoms with Crippen molar-refractivity contribution < 1.29 is 9.18 Å². The van der Waals surface area contributed by atoms with Gasteiger partial charge in [0.15, 0.2) is 0 Å². The lowest BCUT2D eigenvalue weighted by atomic mass is 9.86. The Morgan fingerprint density at radius 2 is 2.00 bits per heavy atom. The second-order valence-corrected chi connectivity index (χ2v) is 6.83. The normalized spacial score (nSPS) is 19.9. The quantitative estimate of drug-likeness (QED) is 0.876. The summed E-state index contributed by atoms with van der Waals surface area (Å²) in [7, 11) is 0. The molecule has 0 spiro atoms. The molecule has 2 N–H and O–H groups in total. The van der Waals surface area contributed by atoms with E-state index < -0.39 is 23.0 Å². The van der Waals surface area contributed by atoms with Crippen LogP contribution in [0.2, 0.25) is 0 Å². The largest absolute Gasteiger partial charge is 0.349 e. The van der Waals surface area contributed by atoms with E-state index in [4.69, 9.17) is 0 Å². The molecule has 0 bridgehead atoms. The van der Waals surface area contributed by atoms with Gasteiger partial charge in [0.1, 0.15) is 11.4 Å². The number of aromatic amines is 1. The number of rotatable bonds is 4. The maximum Gasteiger partial charge on any atom is 0.328 e. The van der Waals surface area contributed by atoms with Crippen molar-refractivity contribution in [2.75, 3.05) is 0 Å². The van der Waals surface area contributed by atoms with Crippen LogP contribution in [0.4, 0.5) is 4.39 Å². The number of carbonyl (C=O) groups excluding carboxylic acids is 1. The Hall–Kier alpha value is -2.70. The summed E-state index contributed by atoms with van der Waals surface area (Å²) in [6.45, 7) is 1.84. The highest BCUT2D eigenvalue weighted by Crippen LogP contribution is 2.23. The predicted molar refractivity (Wildman–Crippen MR) is 95.7 cm³/mol. The first-order valence-corrected chi connectivity index (χ1v) is 8.84. The smallest absolute Gasteiger partial charge is 0.328 e. The van der Waals surface area contributed by atoms with Crippen LogP contribution < -0.4 is 16.6 Å². The lowest BCUT2D eigenvalue weighted by molar-refractivity contribution is 0.0907. The Labute approximate surface area is 150 Å². The minimum Gasteiger partial charge on any atom is -0.349 e. The SMILES string of the molecule is CC1CCCCC1NC(=O)c1c[nH]c(=O)n(Cc2ccccc2F)c1=O. The molecule has 0 saturated heterocycles. The number of amides is 1. The summed E-state index contributed by atoms with van der Waals surface area (Å²) in [6.07, 6.45) is 5.22. The van der Waals surface area contributed by atoms with Crippen LogP contribution in [0.25, 0.3) is 0 Å². The van der Waals surface area contributed by atoms with Gasteiger partial charge in [0, 0.05) is 17.8 Å². The molecule has 2 unspecified atom stereocenters. The zero-order chi connectivity index (χ0) is 18.7. The highest BCUT2D eigenvalue weighted by molar-refractivity contribution is 5.93. The Bertz CT molecular complexity index is 919. The second kappa shape index (κ2) is 7.68. The molecule has 138 valence electrons. The minimum atomic E-state index is -0.724. The maximum absolute atomic E-state index is 13.8. The van der Waals surface area contributed by atoms with Gasteiger partial charge in [-0.2, -0.15) is 0 Å². The molecule has 2 atom stereocenters. The summed E-state index contributed by atoms with van der Waals surface area (Å²) >= 11 is 0. The van der Waals surface area contributed by atoms with E-state index in [0.717, 1.165) is 36.4 Å². The molecule has 1 heterocycles. The van der Waals surface area contributed by atoms with Crippen molar-refractivity contribution in [1.29, 1.82) is 0 Å². The van der Waals surface area contributed by atoms with Gasteiger partial charge in [-0.1, -0.05) is 38.0 Å². The van der Waals surface area contributed by atoms with Crippen molar-refractivity contribution >= 4 is 5.91 Å². The monoisotopic (exact) mass is 359 g/mol. The Kier molecular flexibility index (Phi) is 5.35. The van der Waals surface area contributed by atoms with E-state index in [1.165, 1.54) is 18.2 Å². The van der Waals surface area contributed by atoms with Crippen molar-refractivity contribution in [3.8, 4) is 0 Å². The predicted octanol–water partition coefficient (Wildman–Crippen LogP) is 2.03. The van der Waals surface area contributed by atoms with Gasteiger partial charge < -0.3 is 10.3 Å². The van der Waals surface area contributed by atoms with Crippen molar-refractivity contribution in [2.45, 2.75) is 45.2 Å². The van der Waals surface area contributed by atoms with E-state index in [0.29, 0.717) is 5.92 Å². The highest BCUT2D eigenvalue weighted by atomic mass is 19.1. The number of nitrogens with zero attached hydrogens (tertiary/aromatic N) is 1. The Morgan fingerprint density at radius 3 is 2.73 bits per heavy atom. The number of benzene rings is 1. The van der Waals surface area contributed by atoms with Crippen LogP contribution in [0.5, 0.6) is 0 Å². The molecule has 26 heavy (non-hydrogen) atoms. The van der Waals surface area contributed by atoms with E-state index in [2.05, 4.69) is 17.2 Å². The van der Waals surface area contributed by atoms with E-state index in [1.54, 1.807) is 6.07 Å². The molecule has 6 nitrogen and oxygen atoms in total. The standard InChI is InChI=1S/C19H22FN3O3/c1-12-6-2-5-9-16(12)22-17(24)14-10-21-19(26)23(18(14)25)11-13-7-3-4-8-15(13)20/h3-4,7-8,10,12,16H,2,5-6,9,11H2,1H3,(H,21,26)(H,22,24). The molecule has 7 heteroatoms. The fraction of sp³-hybridized carbons (Fsp3) is 0.421. The third kappa shape index (κ3) is 3.76. The van der Waals surface area contributed by atoms with E-state index in [9.17, 15) is 18.8 Å². The molecular weight excluding hydrogens is 337 g/mol. The molecule has 1 aromatic carbocycles. The average molecular weight is 359 g/mol. The lowest BCUT2D eigenvalue weighted by Crippen LogP contribution is -2.45. The summed E-state index contributed by atoms with van der Waals surface area (Å²) in [5.74, 6) is -0.673. The van der Waals surface area contributed by atoms with Crippen LogP contribution in [0.15, 0.2) is 40.1 Å². The number of halogens is 1. The molecule has 2 aromatic rings. The van der Waals surface area contributed by atoms with Crippen LogP contribution in [0.3, 0.4) is 0 Å². The van der Waals surface area contributed by atoms with Gasteiger partial charge >= 0.3 is 5.69 Å². The van der Waals surface area contributed by atoms with E-state index >= 15 is 0 Å². The van der Waals surface area contributed by atoms with Crippen molar-refractivity contribution in [2.24, 2.45) is 5.92 Å². The molecule has 1 fully saturated rings. The van der Waals surface area contributed by atoms with Crippen molar-refractivity contribution in [3.63, 3.8) is 0 Å². The number of hydrogen-bond acceptors (Lipinski definition) is 3. The summed E-state index contributed by atoms with van der Waals surface area (Å²) in [4.78, 5) is 39.6. The fourth-order valence-electron chi connectivity index (χ4n) is 3.39. The van der Waals surface area contributed by atoms with Crippen LogP contribution in [-0.2, 0) is 6.54 Å². The molecule has 1 aliphatic rings. The first-order chi connectivity index (χ1) is 12.5. The van der Waals surface area contributed by atoms with Crippen LogP contribution >= 0.6 is 0 Å². The van der Waals surface area contributed by atoms with Gasteiger partial charge in [-0.25, -0.2) is 9.18 Å². The van der Waals surface area contributed by atoms with Gasteiger partial charge in [-0.05, 0) is 24.8 Å². The Morgan fingerprint density at radius 1 is 1.27 bits per heavy atom. The molecular formula is C19H22FN3O3. The van der Waals surface area contributed by atoms with Crippen molar-refractivity contribution in [3.05, 3.63) is 68.2 Å². The molecule has 3 rings (SSSR count). The van der Waals surface area contributed by atoms with Crippen LogP contribution in [0.1, 0.15) is 48.5 Å². The first-order valence-electron chi connectivity index (χ1n) is 8.84. The van der Waals surface area contributed by atoms with Crippen molar-refractivity contribution in [1.82, 2.24) is 14.9 Å². The number of H-pyrrole nitrogens is 1. The molecule has 1 aliphatic carbocycles. The summed E-state index contributed by atoms with van der Waals surface area (Å²) in [5, 5.41) is 2.90. The van der Waals surface area contributed by atoms with Gasteiger partial charge in [0.05, 0.1) is 6.54 Å². The summed E-state index contributed by atoms with van der Waals surface area (Å²) < 4.78 is 14.7. The molecule has 0 radical (unpaired) electrons. The third-order valence-electron chi connectivity index (χ3n) is 5.02. The molecule has 1 amide bonds. The molecule has 0 aliphatic heterocycles. The third-order valence-corrected chi connectivity index (χ3v) is 5.02. The fourth-order valence-corrected chi connectivity index (χ4v) is 3.39. The van der Waals surface area contributed by atoms with Gasteiger partial charge in [-0.3, -0.25) is 14.2 Å². The topological polar surface area (TPSA) is 84.0 Å². The minimum absolute atomic E-state index is 0.0163. The molecule has 1 saturated carbocycles. The number of nitrogens with one attached hydrogen (secondary N) is 2. The summed E-state index contributed by atoms with van der Waals surface area (Å²) in [6, 6.07) is 5.93. The number of carbonyl (C=O) groups is 1. The Balaban J connectivity index is 1.87. The lowest BCUT2D eigenvalue weighted by Gasteiger charge is -2.29. The van der Waals surface area contributed by atoms with E-state index in [1.807, 2.05) is 0 Å². The number of hydrogen-bond donors (Lipinski definition) is 2. The zero-order valence-electron chi connectivity index (χ0n) is 14.6. The van der Waals surface area contributed by atoms with Gasteiger partial charge in [0.25, 0.3) is 11.5 Å². The van der Waals surface area contributed by atoms with Gasteiger partial charge in [-0.15, -0.1) is 0 Å². The first kappa shape index (κ1) is 18.1. The summed E-state index contributed by atoms with van der Waals surface area (Å²) in [5.41, 5.74) is -1.34. The number of aromatic nitrogens is 2. The average Bonchev–Trinajstić information content (AvgIpc) is 2.62. The van der Waals surface area contributed by atoms with Gasteiger partial charge in [0.2, 0.25) is 0 Å².